The second kappa shape index (κ2) is 9.48. The van der Waals surface area contributed by atoms with Gasteiger partial charge in [-0.1, -0.05) is 50.6 Å². The lowest BCUT2D eigenvalue weighted by Crippen LogP contribution is -2.42. The van der Waals surface area contributed by atoms with Crippen LogP contribution < -0.4 is 11.2 Å². The highest BCUT2D eigenvalue weighted by Gasteiger charge is 2.21. The molecule has 4 aromatic rings. The zero-order valence-electron chi connectivity index (χ0n) is 18.3. The van der Waals surface area contributed by atoms with Gasteiger partial charge in [0, 0.05) is 11.4 Å². The van der Waals surface area contributed by atoms with E-state index in [1.807, 2.05) is 43.3 Å². The normalized spacial score (nSPS) is 11.3. The average Bonchev–Trinajstić information content (AvgIpc) is 3.46. The minimum Gasteiger partial charge on any atom is -0.325 e. The fourth-order valence-electron chi connectivity index (χ4n) is 3.72. The minimum atomic E-state index is -0.521. The molecule has 32 heavy (non-hydrogen) atoms. The number of aryl methyl sites for hydroxylation is 2. The van der Waals surface area contributed by atoms with Gasteiger partial charge in [-0.3, -0.25) is 18.7 Å². The predicted octanol–water partition coefficient (Wildman–Crippen LogP) is 3.71. The topological polar surface area (TPSA) is 78.9 Å². The van der Waals surface area contributed by atoms with Gasteiger partial charge in [0.25, 0.3) is 5.56 Å². The number of unbranched alkanes of at least 4 members (excludes halogenated alkanes) is 1. The summed E-state index contributed by atoms with van der Waals surface area (Å²) in [5.41, 5.74) is 0.646. The van der Waals surface area contributed by atoms with Gasteiger partial charge >= 0.3 is 5.69 Å². The monoisotopic (exact) mass is 450 g/mol. The molecular formula is C24H26N4O3S. The Balaban J connectivity index is 1.84. The maximum atomic E-state index is 13.4. The average molecular weight is 451 g/mol. The summed E-state index contributed by atoms with van der Waals surface area (Å²) in [6.07, 6.45) is 4.30. The van der Waals surface area contributed by atoms with Crippen molar-refractivity contribution < 1.29 is 4.79 Å². The summed E-state index contributed by atoms with van der Waals surface area (Å²) < 4.78 is 4.35. The quantitative estimate of drug-likeness (QED) is 0.364. The van der Waals surface area contributed by atoms with Crippen molar-refractivity contribution in [3.63, 3.8) is 0 Å². The molecule has 0 amide bonds. The van der Waals surface area contributed by atoms with Gasteiger partial charge in [-0.15, -0.1) is 11.3 Å². The van der Waals surface area contributed by atoms with E-state index >= 15 is 0 Å². The zero-order valence-corrected chi connectivity index (χ0v) is 19.1. The number of ketones is 1. The summed E-state index contributed by atoms with van der Waals surface area (Å²) in [6.45, 7) is 4.72. The maximum Gasteiger partial charge on any atom is 0.333 e. The van der Waals surface area contributed by atoms with Gasteiger partial charge in [0.1, 0.15) is 0 Å². The number of carbonyl (C=O) groups excluding carboxylic acids is 1. The highest BCUT2D eigenvalue weighted by atomic mass is 32.1. The molecule has 0 aliphatic rings. The standard InChI is InChI=1S/C24H26N4O3S/c1-3-5-13-26-16-25-22-21(26)23(30)28(15-19(29)20-12-11-18(4-2)32-20)24(31)27(22)14-17-9-7-6-8-10-17/h6-12,16H,3-5,13-15H2,1-2H3. The highest BCUT2D eigenvalue weighted by molar-refractivity contribution is 7.14. The van der Waals surface area contributed by atoms with E-state index < -0.39 is 11.2 Å². The van der Waals surface area contributed by atoms with Gasteiger partial charge in [0.05, 0.1) is 24.3 Å². The van der Waals surface area contributed by atoms with E-state index in [0.717, 1.165) is 34.3 Å². The van der Waals surface area contributed by atoms with Crippen molar-refractivity contribution in [1.29, 1.82) is 0 Å². The SMILES string of the molecule is CCCCn1cnc2c1c(=O)n(CC(=O)c1ccc(CC)s1)c(=O)n2Cc1ccccc1. The van der Waals surface area contributed by atoms with Crippen LogP contribution in [0.3, 0.4) is 0 Å². The molecule has 3 heterocycles. The molecule has 0 saturated heterocycles. The number of carbonyl (C=O) groups is 1. The van der Waals surface area contributed by atoms with Crippen LogP contribution in [0.1, 0.15) is 46.8 Å². The summed E-state index contributed by atoms with van der Waals surface area (Å²) in [5, 5.41) is 0. The smallest absolute Gasteiger partial charge is 0.325 e. The molecule has 8 heteroatoms. The Morgan fingerprint density at radius 2 is 1.81 bits per heavy atom. The number of imidazole rings is 1. The van der Waals surface area contributed by atoms with Crippen LogP contribution in [-0.2, 0) is 26.1 Å². The third-order valence-electron chi connectivity index (χ3n) is 5.51. The van der Waals surface area contributed by atoms with E-state index in [1.54, 1.807) is 17.0 Å². The largest absolute Gasteiger partial charge is 0.333 e. The van der Waals surface area contributed by atoms with Crippen molar-refractivity contribution in [3.05, 3.63) is 84.9 Å². The van der Waals surface area contributed by atoms with Crippen molar-refractivity contribution in [2.24, 2.45) is 0 Å². The molecule has 3 aromatic heterocycles. The molecule has 1 aromatic carbocycles. The first-order chi connectivity index (χ1) is 15.5. The van der Waals surface area contributed by atoms with E-state index in [1.165, 1.54) is 15.9 Å². The third kappa shape index (κ3) is 4.23. The summed E-state index contributed by atoms with van der Waals surface area (Å²) >= 11 is 1.41. The lowest BCUT2D eigenvalue weighted by atomic mass is 10.2. The minimum absolute atomic E-state index is 0.237. The first kappa shape index (κ1) is 22.0. The van der Waals surface area contributed by atoms with E-state index in [2.05, 4.69) is 11.9 Å². The Labute approximate surface area is 189 Å². The number of hydrogen-bond donors (Lipinski definition) is 0. The van der Waals surface area contributed by atoms with Crippen LogP contribution in [0.25, 0.3) is 11.2 Å². The molecule has 0 spiro atoms. The molecule has 0 bridgehead atoms. The van der Waals surface area contributed by atoms with Crippen LogP contribution in [-0.4, -0.2) is 24.5 Å². The number of fused-ring (bicyclic) bond motifs is 1. The number of rotatable bonds is 9. The van der Waals surface area contributed by atoms with Crippen LogP contribution in [0.4, 0.5) is 0 Å². The van der Waals surface area contributed by atoms with Gasteiger partial charge in [-0.05, 0) is 30.5 Å². The van der Waals surface area contributed by atoms with E-state index in [9.17, 15) is 14.4 Å². The Kier molecular flexibility index (Phi) is 6.50. The van der Waals surface area contributed by atoms with Crippen LogP contribution in [0.2, 0.25) is 0 Å². The van der Waals surface area contributed by atoms with E-state index in [0.29, 0.717) is 22.6 Å². The van der Waals surface area contributed by atoms with Crippen LogP contribution in [0.15, 0.2) is 58.4 Å². The summed E-state index contributed by atoms with van der Waals surface area (Å²) in [6, 6.07) is 13.2. The lowest BCUT2D eigenvalue weighted by molar-refractivity contribution is 0.0972. The number of aromatic nitrogens is 4. The molecule has 0 atom stereocenters. The van der Waals surface area contributed by atoms with Crippen LogP contribution in [0.5, 0.6) is 0 Å². The Bertz CT molecular complexity index is 1360. The van der Waals surface area contributed by atoms with Crippen LogP contribution >= 0.6 is 11.3 Å². The molecule has 4 rings (SSSR count). The number of benzene rings is 1. The number of nitrogens with zero attached hydrogens (tertiary/aromatic N) is 4. The molecule has 0 aliphatic heterocycles. The van der Waals surface area contributed by atoms with E-state index in [4.69, 9.17) is 0 Å². The van der Waals surface area contributed by atoms with Gasteiger partial charge in [0.2, 0.25) is 0 Å². The second-order valence-electron chi connectivity index (χ2n) is 7.75. The molecule has 7 nitrogen and oxygen atoms in total. The number of hydrogen-bond acceptors (Lipinski definition) is 5. The van der Waals surface area contributed by atoms with Gasteiger partial charge in [0.15, 0.2) is 16.9 Å². The van der Waals surface area contributed by atoms with Gasteiger partial charge < -0.3 is 4.57 Å². The third-order valence-corrected chi connectivity index (χ3v) is 6.78. The molecule has 0 N–H and O–H groups in total. The fraction of sp³-hybridized carbons (Fsp3) is 0.333. The molecule has 0 unspecified atom stereocenters. The van der Waals surface area contributed by atoms with Crippen molar-refractivity contribution in [2.75, 3.05) is 0 Å². The van der Waals surface area contributed by atoms with Gasteiger partial charge in [-0.25, -0.2) is 9.78 Å². The van der Waals surface area contributed by atoms with E-state index in [-0.39, 0.29) is 18.9 Å². The van der Waals surface area contributed by atoms with Crippen molar-refractivity contribution >= 4 is 28.3 Å². The summed E-state index contributed by atoms with van der Waals surface area (Å²) in [7, 11) is 0. The Morgan fingerprint density at radius 1 is 1.03 bits per heavy atom. The fourth-order valence-corrected chi connectivity index (χ4v) is 4.60. The first-order valence-corrected chi connectivity index (χ1v) is 11.7. The Morgan fingerprint density at radius 3 is 2.50 bits per heavy atom. The van der Waals surface area contributed by atoms with Crippen molar-refractivity contribution in [1.82, 2.24) is 18.7 Å². The van der Waals surface area contributed by atoms with Crippen LogP contribution in [0, 0.1) is 0 Å². The molecule has 0 saturated carbocycles. The lowest BCUT2D eigenvalue weighted by Gasteiger charge is -2.12. The molecular weight excluding hydrogens is 424 g/mol. The highest BCUT2D eigenvalue weighted by Crippen LogP contribution is 2.18. The first-order valence-electron chi connectivity index (χ1n) is 10.9. The second-order valence-corrected chi connectivity index (χ2v) is 8.92. The molecule has 0 fully saturated rings. The summed E-state index contributed by atoms with van der Waals surface area (Å²) in [4.78, 5) is 45.7. The zero-order chi connectivity index (χ0) is 22.7. The van der Waals surface area contributed by atoms with Gasteiger partial charge in [-0.2, -0.15) is 0 Å². The Hall–Kier alpha value is -3.26. The number of thiophene rings is 1. The van der Waals surface area contributed by atoms with Crippen molar-refractivity contribution in [2.45, 2.75) is 52.7 Å². The molecule has 0 radical (unpaired) electrons. The predicted molar refractivity (Wildman–Crippen MR) is 127 cm³/mol. The van der Waals surface area contributed by atoms with Crippen molar-refractivity contribution in [3.8, 4) is 0 Å². The number of Topliss-reactive ketones (excluding diaryl/α,β-unsaturated/α-hetero) is 1. The summed E-state index contributed by atoms with van der Waals surface area (Å²) in [5.74, 6) is -0.237. The molecule has 0 aliphatic carbocycles. The maximum absolute atomic E-state index is 13.4. The molecule has 166 valence electrons.